The molecule has 12 nitrogen and oxygen atoms in total. The molecule has 202 valence electrons. The van der Waals surface area contributed by atoms with Crippen LogP contribution in [0.1, 0.15) is 62.3 Å². The molecule has 0 atom stereocenters. The van der Waals surface area contributed by atoms with Crippen LogP contribution in [-0.2, 0) is 14.4 Å². The maximum absolute atomic E-state index is 11.5. The van der Waals surface area contributed by atoms with Gasteiger partial charge in [0.2, 0.25) is 22.9 Å². The first-order chi connectivity index (χ1) is 17.0. The molecule has 0 aliphatic heterocycles. The molecule has 0 unspecified atom stereocenters. The fraction of sp³-hybridized carbons (Fsp3) is 0.500. The van der Waals surface area contributed by atoms with Gasteiger partial charge in [-0.2, -0.15) is 0 Å². The molecule has 0 saturated heterocycles. The third-order valence-electron chi connectivity index (χ3n) is 4.11. The zero-order valence-electron chi connectivity index (χ0n) is 22.7. The third kappa shape index (κ3) is 12.7. The Kier molecular flexibility index (Phi) is 11.4. The molecule has 0 bridgehead atoms. The number of amides is 3. The van der Waals surface area contributed by atoms with Crippen LogP contribution in [-0.4, -0.2) is 43.0 Å². The molecule has 3 aromatic heterocycles. The lowest BCUT2D eigenvalue weighted by Crippen LogP contribution is -2.28. The van der Waals surface area contributed by atoms with Crippen molar-refractivity contribution in [3.8, 4) is 0 Å². The van der Waals surface area contributed by atoms with Crippen molar-refractivity contribution in [2.75, 3.05) is 16.0 Å². The van der Waals surface area contributed by atoms with Crippen molar-refractivity contribution >= 4 is 45.8 Å². The van der Waals surface area contributed by atoms with Crippen LogP contribution in [0.15, 0.2) is 41.0 Å². The number of hydrogen-bond acceptors (Lipinski definition) is 10. The summed E-state index contributed by atoms with van der Waals surface area (Å²) in [6.45, 7) is 16.6. The lowest BCUT2D eigenvalue weighted by molar-refractivity contribution is -0.123. The molecule has 0 aliphatic rings. The topological polar surface area (TPSA) is 165 Å². The van der Waals surface area contributed by atoms with Crippen LogP contribution in [0.2, 0.25) is 0 Å². The van der Waals surface area contributed by atoms with Crippen LogP contribution in [0.3, 0.4) is 0 Å². The van der Waals surface area contributed by atoms with E-state index in [1.807, 2.05) is 62.3 Å². The van der Waals surface area contributed by atoms with Crippen LogP contribution >= 0.6 is 11.3 Å². The number of nitrogens with zero attached hydrogens (tertiary/aromatic N) is 5. The summed E-state index contributed by atoms with van der Waals surface area (Å²) in [5.74, 6) is 0.765. The van der Waals surface area contributed by atoms with Gasteiger partial charge in [-0.25, -0.2) is 4.98 Å². The Bertz CT molecular complexity index is 1040. The van der Waals surface area contributed by atoms with Crippen molar-refractivity contribution in [3.63, 3.8) is 0 Å². The first kappa shape index (κ1) is 31.3. The summed E-state index contributed by atoms with van der Waals surface area (Å²) in [7, 11) is 0. The van der Waals surface area contributed by atoms with E-state index < -0.39 is 10.8 Å². The number of nitrogens with one attached hydrogen (secondary N) is 3. The second-order valence-electron chi connectivity index (χ2n) is 10.8. The van der Waals surface area contributed by atoms with Crippen LogP contribution < -0.4 is 16.0 Å². The fourth-order valence-electron chi connectivity index (χ4n) is 1.76. The lowest BCUT2D eigenvalue weighted by atomic mass is 9.96. The van der Waals surface area contributed by atoms with Crippen LogP contribution in [0.4, 0.5) is 16.8 Å². The van der Waals surface area contributed by atoms with E-state index in [9.17, 15) is 14.4 Å². The molecule has 0 aliphatic carbocycles. The molecule has 3 N–H and O–H groups in total. The Hall–Kier alpha value is -3.74. The molecule has 0 spiro atoms. The second-order valence-corrected chi connectivity index (χ2v) is 11.7. The van der Waals surface area contributed by atoms with Gasteiger partial charge in [0.1, 0.15) is 11.8 Å². The quantitative estimate of drug-likeness (QED) is 0.435. The average molecular weight is 533 g/mol. The Morgan fingerprint density at radius 1 is 0.784 bits per heavy atom. The smallest absolute Gasteiger partial charge is 0.231 e. The van der Waals surface area contributed by atoms with E-state index in [4.69, 9.17) is 0 Å². The minimum atomic E-state index is -0.405. The van der Waals surface area contributed by atoms with Crippen molar-refractivity contribution in [2.45, 2.75) is 62.3 Å². The van der Waals surface area contributed by atoms with E-state index in [1.54, 1.807) is 17.8 Å². The number of carbonyl (C=O) groups excluding carboxylic acids is 3. The number of carbonyl (C=O) groups is 3. The zero-order chi connectivity index (χ0) is 28.3. The lowest BCUT2D eigenvalue weighted by Gasteiger charge is -2.16. The molecular weight excluding hydrogens is 496 g/mol. The van der Waals surface area contributed by atoms with Crippen molar-refractivity contribution in [2.24, 2.45) is 16.2 Å². The molecule has 0 fully saturated rings. The van der Waals surface area contributed by atoms with Crippen molar-refractivity contribution in [1.29, 1.82) is 0 Å². The molecule has 37 heavy (non-hydrogen) atoms. The van der Waals surface area contributed by atoms with Gasteiger partial charge in [-0.15, -0.1) is 10.2 Å². The van der Waals surface area contributed by atoms with E-state index in [-0.39, 0.29) is 23.1 Å². The number of rotatable bonds is 3. The number of anilines is 3. The van der Waals surface area contributed by atoms with Gasteiger partial charge in [0.15, 0.2) is 11.6 Å². The highest BCUT2D eigenvalue weighted by atomic mass is 32.1. The third-order valence-corrected chi connectivity index (χ3v) is 4.71. The molecule has 3 aromatic rings. The zero-order valence-corrected chi connectivity index (χ0v) is 23.6. The minimum absolute atomic E-state index is 0.0424. The summed E-state index contributed by atoms with van der Waals surface area (Å²) in [5, 5.41) is 19.4. The standard InChI is InChI=1S/C9H13N3O.C8H12N2O2.C7H11N3OS/c1-9(2,3)8(13)12-7-6-10-4-5-11-7;1-8(2,3)7(11)9-6-4-5-12-10-6;1-7(2,3)5(11)9-6-10-8-4-12-6/h4-6H,1-3H3,(H,11,12,13);4-5H,1-3H3,(H,9,10,11);4H,1-3H3,(H,9,10,11). The molecule has 0 radical (unpaired) electrons. The summed E-state index contributed by atoms with van der Waals surface area (Å²) < 4.78 is 4.56. The highest BCUT2D eigenvalue weighted by Crippen LogP contribution is 2.18. The largest absolute Gasteiger partial charge is 0.363 e. The highest BCUT2D eigenvalue weighted by Gasteiger charge is 2.23. The molecular formula is C24H36N8O4S. The normalized spacial score (nSPS) is 11.2. The van der Waals surface area contributed by atoms with Gasteiger partial charge in [0.05, 0.1) is 6.20 Å². The minimum Gasteiger partial charge on any atom is -0.363 e. The maximum atomic E-state index is 11.5. The van der Waals surface area contributed by atoms with Gasteiger partial charge in [-0.3, -0.25) is 19.4 Å². The van der Waals surface area contributed by atoms with Crippen molar-refractivity contribution < 1.29 is 18.9 Å². The fourth-order valence-corrected chi connectivity index (χ4v) is 2.20. The highest BCUT2D eigenvalue weighted by molar-refractivity contribution is 7.13. The Labute approximate surface area is 221 Å². The van der Waals surface area contributed by atoms with Gasteiger partial charge < -0.3 is 20.5 Å². The summed E-state index contributed by atoms with van der Waals surface area (Å²) in [4.78, 5) is 41.9. The van der Waals surface area contributed by atoms with Crippen molar-refractivity contribution in [1.82, 2.24) is 25.3 Å². The number of hydrogen-bond donors (Lipinski definition) is 3. The average Bonchev–Trinajstić information content (AvgIpc) is 3.48. The molecule has 3 rings (SSSR count). The predicted octanol–water partition coefficient (Wildman–Crippen LogP) is 4.64. The monoisotopic (exact) mass is 532 g/mol. The molecule has 3 heterocycles. The second kappa shape index (κ2) is 13.5. The molecule has 0 aromatic carbocycles. The van der Waals surface area contributed by atoms with Crippen molar-refractivity contribution in [3.05, 3.63) is 36.4 Å². The van der Waals surface area contributed by atoms with Gasteiger partial charge in [0.25, 0.3) is 0 Å². The summed E-state index contributed by atoms with van der Waals surface area (Å²) >= 11 is 1.31. The molecule has 13 heteroatoms. The van der Waals surface area contributed by atoms with Crippen LogP contribution in [0.25, 0.3) is 0 Å². The van der Waals surface area contributed by atoms with Gasteiger partial charge in [-0.1, -0.05) is 78.8 Å². The molecule has 3 amide bonds. The van der Waals surface area contributed by atoms with Gasteiger partial charge in [0, 0.05) is 34.7 Å². The SMILES string of the molecule is CC(C)(C)C(=O)Nc1ccon1.CC(C)(C)C(=O)Nc1cnccn1.CC(C)(C)C(=O)Nc1nncs1. The number of aromatic nitrogens is 5. The van der Waals surface area contributed by atoms with Crippen LogP contribution in [0, 0.1) is 16.2 Å². The predicted molar refractivity (Wildman–Crippen MR) is 143 cm³/mol. The van der Waals surface area contributed by atoms with E-state index in [1.165, 1.54) is 30.0 Å². The van der Waals surface area contributed by atoms with Crippen LogP contribution in [0.5, 0.6) is 0 Å². The Morgan fingerprint density at radius 2 is 1.32 bits per heavy atom. The Balaban J connectivity index is 0.000000278. The first-order valence-electron chi connectivity index (χ1n) is 11.4. The summed E-state index contributed by atoms with van der Waals surface area (Å²) in [5.41, 5.74) is 0.389. The van der Waals surface area contributed by atoms with Gasteiger partial charge >= 0.3 is 0 Å². The Morgan fingerprint density at radius 3 is 1.73 bits per heavy atom. The maximum Gasteiger partial charge on any atom is 0.231 e. The van der Waals surface area contributed by atoms with E-state index in [2.05, 4.69) is 45.8 Å². The first-order valence-corrected chi connectivity index (χ1v) is 12.2. The van der Waals surface area contributed by atoms with E-state index >= 15 is 0 Å². The summed E-state index contributed by atoms with van der Waals surface area (Å²) in [6.07, 6.45) is 6.03. The summed E-state index contributed by atoms with van der Waals surface area (Å²) in [6, 6.07) is 1.60. The van der Waals surface area contributed by atoms with E-state index in [0.717, 1.165) is 0 Å². The van der Waals surface area contributed by atoms with E-state index in [0.29, 0.717) is 16.8 Å². The van der Waals surface area contributed by atoms with Gasteiger partial charge in [-0.05, 0) is 0 Å². The molecule has 0 saturated carbocycles.